The standard InChI is InChI=1S/C13H21ClN2O4S/c1-9(2)15-5-6-21(17,18)16-11-8-12(19-3)10(14)7-13(11)20-4/h7-9,15-16H,5-6H2,1-4H3. The van der Waals surface area contributed by atoms with E-state index in [2.05, 4.69) is 10.0 Å². The van der Waals surface area contributed by atoms with Gasteiger partial charge < -0.3 is 14.8 Å². The predicted molar refractivity (Wildman–Crippen MR) is 85.1 cm³/mol. The van der Waals surface area contributed by atoms with Crippen LogP contribution in [-0.4, -0.2) is 41.0 Å². The van der Waals surface area contributed by atoms with Crippen LogP contribution in [-0.2, 0) is 10.0 Å². The van der Waals surface area contributed by atoms with Gasteiger partial charge in [0.05, 0.1) is 30.7 Å². The highest BCUT2D eigenvalue weighted by atomic mass is 35.5. The molecule has 0 aliphatic heterocycles. The van der Waals surface area contributed by atoms with E-state index in [1.807, 2.05) is 13.8 Å². The van der Waals surface area contributed by atoms with Gasteiger partial charge in [0.15, 0.2) is 0 Å². The van der Waals surface area contributed by atoms with Crippen LogP contribution in [0.25, 0.3) is 0 Å². The van der Waals surface area contributed by atoms with Crippen LogP contribution in [0.5, 0.6) is 11.5 Å². The third kappa shape index (κ3) is 5.61. The van der Waals surface area contributed by atoms with E-state index in [4.69, 9.17) is 21.1 Å². The molecule has 0 amide bonds. The third-order valence-corrected chi connectivity index (χ3v) is 4.23. The summed E-state index contributed by atoms with van der Waals surface area (Å²) in [5.41, 5.74) is 0.295. The second kappa shape index (κ2) is 7.72. The molecule has 8 heteroatoms. The molecule has 0 unspecified atom stereocenters. The molecular weight excluding hydrogens is 316 g/mol. The zero-order valence-electron chi connectivity index (χ0n) is 12.6. The Kier molecular flexibility index (Phi) is 6.57. The molecule has 0 radical (unpaired) electrons. The van der Waals surface area contributed by atoms with E-state index in [-0.39, 0.29) is 11.8 Å². The molecule has 0 heterocycles. The molecule has 1 rings (SSSR count). The Labute approximate surface area is 130 Å². The minimum absolute atomic E-state index is 0.0424. The molecule has 120 valence electrons. The molecule has 0 saturated heterocycles. The lowest BCUT2D eigenvalue weighted by molar-refractivity contribution is 0.405. The first-order valence-corrected chi connectivity index (χ1v) is 8.47. The Hall–Kier alpha value is -1.18. The highest BCUT2D eigenvalue weighted by Gasteiger charge is 2.16. The maximum atomic E-state index is 12.1. The first kappa shape index (κ1) is 17.9. The minimum atomic E-state index is -3.49. The molecule has 0 aromatic heterocycles. The molecule has 0 saturated carbocycles. The maximum absolute atomic E-state index is 12.1. The molecule has 0 fully saturated rings. The third-order valence-electron chi connectivity index (χ3n) is 2.66. The molecule has 2 N–H and O–H groups in total. The molecule has 1 aromatic carbocycles. The highest BCUT2D eigenvalue weighted by molar-refractivity contribution is 7.92. The van der Waals surface area contributed by atoms with Crippen LogP contribution in [0.3, 0.4) is 0 Å². The second-order valence-electron chi connectivity index (χ2n) is 4.72. The second-order valence-corrected chi connectivity index (χ2v) is 6.97. The van der Waals surface area contributed by atoms with Gasteiger partial charge in [-0.05, 0) is 0 Å². The Bertz CT molecular complexity index is 576. The Morgan fingerprint density at radius 1 is 1.19 bits per heavy atom. The summed E-state index contributed by atoms with van der Waals surface area (Å²) < 4.78 is 36.8. The largest absolute Gasteiger partial charge is 0.495 e. The zero-order valence-corrected chi connectivity index (χ0v) is 14.1. The molecule has 0 aliphatic rings. The Balaban J connectivity index is 2.90. The van der Waals surface area contributed by atoms with Crippen molar-refractivity contribution >= 4 is 27.3 Å². The van der Waals surface area contributed by atoms with Gasteiger partial charge in [0.2, 0.25) is 10.0 Å². The summed E-state index contributed by atoms with van der Waals surface area (Å²) in [5.74, 6) is 0.663. The predicted octanol–water partition coefficient (Wildman–Crippen LogP) is 2.10. The van der Waals surface area contributed by atoms with Gasteiger partial charge >= 0.3 is 0 Å². The van der Waals surface area contributed by atoms with Crippen LogP contribution >= 0.6 is 11.6 Å². The van der Waals surface area contributed by atoms with Gasteiger partial charge in [-0.2, -0.15) is 0 Å². The number of halogens is 1. The van der Waals surface area contributed by atoms with Crippen molar-refractivity contribution in [2.45, 2.75) is 19.9 Å². The summed E-state index contributed by atoms with van der Waals surface area (Å²) in [4.78, 5) is 0. The van der Waals surface area contributed by atoms with Crippen molar-refractivity contribution in [3.8, 4) is 11.5 Å². The van der Waals surface area contributed by atoms with Crippen molar-refractivity contribution in [1.82, 2.24) is 5.32 Å². The lowest BCUT2D eigenvalue weighted by Crippen LogP contribution is -2.31. The average molecular weight is 337 g/mol. The summed E-state index contributed by atoms with van der Waals surface area (Å²) >= 11 is 5.98. The normalized spacial score (nSPS) is 11.5. The van der Waals surface area contributed by atoms with Crippen molar-refractivity contribution in [3.63, 3.8) is 0 Å². The molecule has 0 aliphatic carbocycles. The van der Waals surface area contributed by atoms with Gasteiger partial charge in [-0.3, -0.25) is 4.72 Å². The van der Waals surface area contributed by atoms with Crippen LogP contribution in [0.15, 0.2) is 12.1 Å². The van der Waals surface area contributed by atoms with Crippen LogP contribution in [0.4, 0.5) is 5.69 Å². The van der Waals surface area contributed by atoms with Crippen LogP contribution in [0, 0.1) is 0 Å². The van der Waals surface area contributed by atoms with Crippen molar-refractivity contribution < 1.29 is 17.9 Å². The highest BCUT2D eigenvalue weighted by Crippen LogP contribution is 2.36. The van der Waals surface area contributed by atoms with Crippen LogP contribution in [0.2, 0.25) is 5.02 Å². The summed E-state index contributed by atoms with van der Waals surface area (Å²) in [5, 5.41) is 3.40. The Morgan fingerprint density at radius 2 is 1.81 bits per heavy atom. The summed E-state index contributed by atoms with van der Waals surface area (Å²) in [6.45, 7) is 4.26. The van der Waals surface area contributed by atoms with E-state index in [9.17, 15) is 8.42 Å². The van der Waals surface area contributed by atoms with Gasteiger partial charge in [-0.25, -0.2) is 8.42 Å². The van der Waals surface area contributed by atoms with Gasteiger partial charge in [0.25, 0.3) is 0 Å². The van der Waals surface area contributed by atoms with Crippen LogP contribution in [0.1, 0.15) is 13.8 Å². The van der Waals surface area contributed by atoms with Crippen molar-refractivity contribution in [1.29, 1.82) is 0 Å². The first-order valence-electron chi connectivity index (χ1n) is 6.44. The van der Waals surface area contributed by atoms with E-state index in [1.165, 1.54) is 26.4 Å². The molecule has 0 atom stereocenters. The minimum Gasteiger partial charge on any atom is -0.495 e. The zero-order chi connectivity index (χ0) is 16.0. The SMILES string of the molecule is COc1cc(NS(=O)(=O)CCNC(C)C)c(OC)cc1Cl. The molecule has 6 nitrogen and oxygen atoms in total. The number of ether oxygens (including phenoxy) is 2. The van der Waals surface area contributed by atoms with Gasteiger partial charge in [0, 0.05) is 24.7 Å². The Morgan fingerprint density at radius 3 is 2.33 bits per heavy atom. The monoisotopic (exact) mass is 336 g/mol. The summed E-state index contributed by atoms with van der Waals surface area (Å²) in [7, 11) is -0.594. The quantitative estimate of drug-likeness (QED) is 0.760. The summed E-state index contributed by atoms with van der Waals surface area (Å²) in [6.07, 6.45) is 0. The molecular formula is C13H21ClN2O4S. The number of methoxy groups -OCH3 is 2. The van der Waals surface area contributed by atoms with Crippen molar-refractivity contribution in [3.05, 3.63) is 17.2 Å². The lowest BCUT2D eigenvalue weighted by atomic mass is 10.3. The number of anilines is 1. The maximum Gasteiger partial charge on any atom is 0.234 e. The molecule has 1 aromatic rings. The van der Waals surface area contributed by atoms with Crippen molar-refractivity contribution in [2.24, 2.45) is 0 Å². The average Bonchev–Trinajstić information content (AvgIpc) is 2.39. The molecule has 21 heavy (non-hydrogen) atoms. The summed E-state index contributed by atoms with van der Waals surface area (Å²) in [6, 6.07) is 3.23. The van der Waals surface area contributed by atoms with Gasteiger partial charge in [-0.15, -0.1) is 0 Å². The topological polar surface area (TPSA) is 76.7 Å². The smallest absolute Gasteiger partial charge is 0.234 e. The number of rotatable bonds is 8. The van der Waals surface area contributed by atoms with E-state index >= 15 is 0 Å². The van der Waals surface area contributed by atoms with Crippen LogP contribution < -0.4 is 19.5 Å². The van der Waals surface area contributed by atoms with E-state index in [0.717, 1.165) is 0 Å². The van der Waals surface area contributed by atoms with E-state index in [1.54, 1.807) is 0 Å². The number of hydrogen-bond donors (Lipinski definition) is 2. The van der Waals surface area contributed by atoms with E-state index in [0.29, 0.717) is 28.8 Å². The fourth-order valence-corrected chi connectivity index (χ4v) is 2.85. The van der Waals surface area contributed by atoms with Crippen molar-refractivity contribution in [2.75, 3.05) is 31.2 Å². The van der Waals surface area contributed by atoms with Gasteiger partial charge in [-0.1, -0.05) is 25.4 Å². The number of benzene rings is 1. The number of sulfonamides is 1. The molecule has 0 bridgehead atoms. The molecule has 0 spiro atoms. The number of nitrogens with one attached hydrogen (secondary N) is 2. The van der Waals surface area contributed by atoms with Gasteiger partial charge in [0.1, 0.15) is 11.5 Å². The fourth-order valence-electron chi connectivity index (χ4n) is 1.64. The number of hydrogen-bond acceptors (Lipinski definition) is 5. The first-order chi connectivity index (χ1) is 9.79. The van der Waals surface area contributed by atoms with E-state index < -0.39 is 10.0 Å². The lowest BCUT2D eigenvalue weighted by Gasteiger charge is -2.15. The fraction of sp³-hybridized carbons (Fsp3) is 0.538.